The first-order chi connectivity index (χ1) is 11.5. The molecular weight excluding hydrogens is 324 g/mol. The zero-order valence-electron chi connectivity index (χ0n) is 13.5. The summed E-state index contributed by atoms with van der Waals surface area (Å²) in [7, 11) is 0. The summed E-state index contributed by atoms with van der Waals surface area (Å²) in [5.41, 5.74) is 3.48. The number of carbonyl (C=O) groups excluding carboxylic acids is 1. The van der Waals surface area contributed by atoms with Crippen LogP contribution in [0.4, 0.5) is 5.69 Å². The molecule has 2 aromatic carbocycles. The largest absolute Gasteiger partial charge is 0.484 e. The molecule has 4 nitrogen and oxygen atoms in total. The van der Waals surface area contributed by atoms with Crippen molar-refractivity contribution in [2.75, 3.05) is 11.9 Å². The molecule has 0 atom stereocenters. The number of ether oxygens (including phenoxy) is 1. The molecule has 5 heteroatoms. The zero-order chi connectivity index (χ0) is 17.1. The van der Waals surface area contributed by atoms with E-state index in [1.165, 1.54) is 0 Å². The number of benzene rings is 2. The summed E-state index contributed by atoms with van der Waals surface area (Å²) in [4.78, 5) is 16.4. The smallest absolute Gasteiger partial charge is 0.262 e. The Morgan fingerprint density at radius 3 is 2.83 bits per heavy atom. The molecule has 3 rings (SSSR count). The van der Waals surface area contributed by atoms with Crippen molar-refractivity contribution < 1.29 is 9.53 Å². The first-order valence-electron chi connectivity index (χ1n) is 7.57. The van der Waals surface area contributed by atoms with E-state index in [0.29, 0.717) is 16.5 Å². The molecule has 0 fully saturated rings. The predicted octanol–water partition coefficient (Wildman–Crippen LogP) is 4.52. The van der Waals surface area contributed by atoms with Crippen molar-refractivity contribution in [1.29, 1.82) is 0 Å². The maximum atomic E-state index is 12.1. The number of carbonyl (C=O) groups is 1. The minimum atomic E-state index is -0.255. The van der Waals surface area contributed by atoms with E-state index in [1.54, 1.807) is 12.3 Å². The number of hydrogen-bond donors (Lipinski definition) is 1. The van der Waals surface area contributed by atoms with E-state index >= 15 is 0 Å². The highest BCUT2D eigenvalue weighted by atomic mass is 35.5. The minimum absolute atomic E-state index is 0.0879. The molecule has 1 amide bonds. The first kappa shape index (κ1) is 16.3. The van der Waals surface area contributed by atoms with Crippen molar-refractivity contribution in [3.8, 4) is 5.75 Å². The van der Waals surface area contributed by atoms with E-state index in [9.17, 15) is 4.79 Å². The lowest BCUT2D eigenvalue weighted by Gasteiger charge is -2.12. The SMILES string of the molecule is Cc1cc(C)c(NC(=O)COc2ccc3ncccc3c2)c(Cl)c1. The molecule has 0 aliphatic rings. The van der Waals surface area contributed by atoms with Crippen LogP contribution in [0.2, 0.25) is 5.02 Å². The number of aryl methyl sites for hydroxylation is 2. The highest BCUT2D eigenvalue weighted by Crippen LogP contribution is 2.27. The summed E-state index contributed by atoms with van der Waals surface area (Å²) >= 11 is 6.20. The Labute approximate surface area is 145 Å². The lowest BCUT2D eigenvalue weighted by Crippen LogP contribution is -2.21. The van der Waals surface area contributed by atoms with Gasteiger partial charge < -0.3 is 10.1 Å². The minimum Gasteiger partial charge on any atom is -0.484 e. The Bertz CT molecular complexity index is 886. The number of pyridine rings is 1. The van der Waals surface area contributed by atoms with E-state index in [-0.39, 0.29) is 12.5 Å². The van der Waals surface area contributed by atoms with Crippen LogP contribution < -0.4 is 10.1 Å². The Morgan fingerprint density at radius 2 is 2.04 bits per heavy atom. The molecule has 122 valence electrons. The third kappa shape index (κ3) is 3.66. The van der Waals surface area contributed by atoms with Crippen LogP contribution in [0.3, 0.4) is 0 Å². The summed E-state index contributed by atoms with van der Waals surface area (Å²) in [6.07, 6.45) is 1.74. The number of amides is 1. The van der Waals surface area contributed by atoms with Gasteiger partial charge in [0, 0.05) is 11.6 Å². The number of nitrogens with zero attached hydrogens (tertiary/aromatic N) is 1. The monoisotopic (exact) mass is 340 g/mol. The van der Waals surface area contributed by atoms with Crippen molar-refractivity contribution in [2.24, 2.45) is 0 Å². The molecular formula is C19H17ClN2O2. The van der Waals surface area contributed by atoms with Gasteiger partial charge in [-0.05, 0) is 55.3 Å². The van der Waals surface area contributed by atoms with E-state index in [4.69, 9.17) is 16.3 Å². The van der Waals surface area contributed by atoms with Crippen molar-refractivity contribution in [3.05, 3.63) is 64.8 Å². The van der Waals surface area contributed by atoms with Crippen LogP contribution >= 0.6 is 11.6 Å². The van der Waals surface area contributed by atoms with E-state index < -0.39 is 0 Å². The average Bonchev–Trinajstić information content (AvgIpc) is 2.56. The molecule has 1 aromatic heterocycles. The molecule has 0 bridgehead atoms. The summed E-state index contributed by atoms with van der Waals surface area (Å²) in [5.74, 6) is 0.368. The fraction of sp³-hybridized carbons (Fsp3) is 0.158. The van der Waals surface area contributed by atoms with Gasteiger partial charge in [0.1, 0.15) is 5.75 Å². The van der Waals surface area contributed by atoms with Crippen molar-refractivity contribution in [1.82, 2.24) is 4.98 Å². The van der Waals surface area contributed by atoms with Crippen molar-refractivity contribution in [2.45, 2.75) is 13.8 Å². The van der Waals surface area contributed by atoms with Gasteiger partial charge in [-0.1, -0.05) is 23.7 Å². The van der Waals surface area contributed by atoms with Crippen LogP contribution in [0.25, 0.3) is 10.9 Å². The molecule has 0 unspecified atom stereocenters. The van der Waals surface area contributed by atoms with Crippen LogP contribution in [-0.2, 0) is 4.79 Å². The Balaban J connectivity index is 1.67. The van der Waals surface area contributed by atoms with Gasteiger partial charge in [-0.25, -0.2) is 0 Å². The normalized spacial score (nSPS) is 10.6. The second kappa shape index (κ2) is 6.89. The van der Waals surface area contributed by atoms with Gasteiger partial charge in [-0.15, -0.1) is 0 Å². The topological polar surface area (TPSA) is 51.2 Å². The van der Waals surface area contributed by atoms with Gasteiger partial charge in [-0.3, -0.25) is 9.78 Å². The number of nitrogens with one attached hydrogen (secondary N) is 1. The molecule has 1 heterocycles. The molecule has 24 heavy (non-hydrogen) atoms. The number of halogens is 1. The standard InChI is InChI=1S/C19H17ClN2O2/c1-12-8-13(2)19(16(20)9-12)22-18(23)11-24-15-5-6-17-14(10-15)4-3-7-21-17/h3-10H,11H2,1-2H3,(H,22,23). The predicted molar refractivity (Wildman–Crippen MR) is 96.8 cm³/mol. The Kier molecular flexibility index (Phi) is 4.67. The highest BCUT2D eigenvalue weighted by Gasteiger charge is 2.10. The summed E-state index contributed by atoms with van der Waals surface area (Å²) < 4.78 is 5.57. The molecule has 0 radical (unpaired) electrons. The van der Waals surface area contributed by atoms with Gasteiger partial charge in [0.05, 0.1) is 16.2 Å². The highest BCUT2D eigenvalue weighted by molar-refractivity contribution is 6.34. The fourth-order valence-electron chi connectivity index (χ4n) is 2.54. The van der Waals surface area contributed by atoms with Gasteiger partial charge in [-0.2, -0.15) is 0 Å². The molecule has 0 saturated heterocycles. The number of hydrogen-bond acceptors (Lipinski definition) is 3. The number of anilines is 1. The molecule has 0 saturated carbocycles. The molecule has 0 aliphatic carbocycles. The summed E-state index contributed by atoms with van der Waals surface area (Å²) in [5, 5.41) is 4.30. The maximum Gasteiger partial charge on any atom is 0.262 e. The van der Waals surface area contributed by atoms with Crippen LogP contribution in [0.1, 0.15) is 11.1 Å². The van der Waals surface area contributed by atoms with Crippen molar-refractivity contribution >= 4 is 34.1 Å². The Hall–Kier alpha value is -2.59. The number of fused-ring (bicyclic) bond motifs is 1. The van der Waals surface area contributed by atoms with Gasteiger partial charge in [0.2, 0.25) is 0 Å². The van der Waals surface area contributed by atoms with E-state index in [0.717, 1.165) is 22.0 Å². The second-order valence-electron chi connectivity index (χ2n) is 5.63. The Morgan fingerprint density at radius 1 is 1.21 bits per heavy atom. The lowest BCUT2D eigenvalue weighted by molar-refractivity contribution is -0.118. The molecule has 0 spiro atoms. The van der Waals surface area contributed by atoms with Crippen LogP contribution in [0, 0.1) is 13.8 Å². The van der Waals surface area contributed by atoms with Gasteiger partial charge in [0.15, 0.2) is 6.61 Å². The number of aromatic nitrogens is 1. The zero-order valence-corrected chi connectivity index (χ0v) is 14.2. The van der Waals surface area contributed by atoms with E-state index in [1.807, 2.05) is 50.2 Å². The third-order valence-electron chi connectivity index (χ3n) is 3.64. The molecule has 0 aliphatic heterocycles. The quantitative estimate of drug-likeness (QED) is 0.759. The average molecular weight is 341 g/mol. The second-order valence-corrected chi connectivity index (χ2v) is 6.04. The van der Waals surface area contributed by atoms with Crippen LogP contribution in [-0.4, -0.2) is 17.5 Å². The fourth-order valence-corrected chi connectivity index (χ4v) is 2.91. The van der Waals surface area contributed by atoms with Gasteiger partial charge in [0.25, 0.3) is 5.91 Å². The molecule has 3 aromatic rings. The van der Waals surface area contributed by atoms with E-state index in [2.05, 4.69) is 10.3 Å². The van der Waals surface area contributed by atoms with Crippen molar-refractivity contribution in [3.63, 3.8) is 0 Å². The van der Waals surface area contributed by atoms with Crippen LogP contribution in [0.15, 0.2) is 48.7 Å². The third-order valence-corrected chi connectivity index (χ3v) is 3.94. The number of rotatable bonds is 4. The maximum absolute atomic E-state index is 12.1. The molecule has 1 N–H and O–H groups in total. The lowest BCUT2D eigenvalue weighted by atomic mass is 10.1. The summed E-state index contributed by atoms with van der Waals surface area (Å²) in [6, 6.07) is 13.1. The van der Waals surface area contributed by atoms with Crippen LogP contribution in [0.5, 0.6) is 5.75 Å². The summed E-state index contributed by atoms with van der Waals surface area (Å²) in [6.45, 7) is 3.78. The van der Waals surface area contributed by atoms with Gasteiger partial charge >= 0.3 is 0 Å². The first-order valence-corrected chi connectivity index (χ1v) is 7.95.